The summed E-state index contributed by atoms with van der Waals surface area (Å²) >= 11 is 12.1. The second kappa shape index (κ2) is 9.25. The van der Waals surface area contributed by atoms with Gasteiger partial charge in [-0.1, -0.05) is 48.9 Å². The third kappa shape index (κ3) is 5.50. The van der Waals surface area contributed by atoms with Gasteiger partial charge in [0.2, 0.25) is 0 Å². The van der Waals surface area contributed by atoms with E-state index >= 15 is 0 Å². The Kier molecular flexibility index (Phi) is 7.05. The molecule has 2 nitrogen and oxygen atoms in total. The van der Waals surface area contributed by atoms with Gasteiger partial charge >= 0.3 is 0 Å². The molecule has 0 spiro atoms. The summed E-state index contributed by atoms with van der Waals surface area (Å²) in [5.74, 6) is 11.2. The van der Waals surface area contributed by atoms with Gasteiger partial charge in [0.15, 0.2) is 11.6 Å². The first-order valence-corrected chi connectivity index (χ1v) is 8.88. The van der Waals surface area contributed by atoms with Crippen molar-refractivity contribution in [1.82, 2.24) is 0 Å². The van der Waals surface area contributed by atoms with Gasteiger partial charge in [-0.3, -0.25) is 9.59 Å². The molecule has 0 saturated heterocycles. The molecule has 0 aliphatic heterocycles. The van der Waals surface area contributed by atoms with Gasteiger partial charge < -0.3 is 0 Å². The Morgan fingerprint density at radius 2 is 1.12 bits per heavy atom. The predicted molar refractivity (Wildman–Crippen MR) is 106 cm³/mol. The fourth-order valence-corrected chi connectivity index (χ4v) is 2.73. The fraction of sp³-hybridized carbons (Fsp3) is 0.182. The van der Waals surface area contributed by atoms with Crippen molar-refractivity contribution in [2.45, 2.75) is 26.7 Å². The van der Waals surface area contributed by atoms with Crippen LogP contribution in [0.2, 0.25) is 10.0 Å². The van der Waals surface area contributed by atoms with Crippen LogP contribution in [-0.2, 0) is 0 Å². The Hall–Kier alpha value is -2.52. The molecule has 2 aromatic rings. The molecule has 26 heavy (non-hydrogen) atoms. The Morgan fingerprint density at radius 1 is 0.731 bits per heavy atom. The van der Waals surface area contributed by atoms with Gasteiger partial charge in [-0.25, -0.2) is 0 Å². The summed E-state index contributed by atoms with van der Waals surface area (Å²) in [6, 6.07) is 10.0. The van der Waals surface area contributed by atoms with Gasteiger partial charge in [-0.15, -0.1) is 0 Å². The average Bonchev–Trinajstić information content (AvgIpc) is 2.63. The highest BCUT2D eigenvalue weighted by Gasteiger charge is 2.06. The maximum Gasteiger partial charge on any atom is 0.162 e. The first-order chi connectivity index (χ1) is 12.4. The van der Waals surface area contributed by atoms with E-state index in [9.17, 15) is 9.59 Å². The van der Waals surface area contributed by atoms with Crippen molar-refractivity contribution in [3.8, 4) is 23.7 Å². The molecule has 2 rings (SSSR count). The van der Waals surface area contributed by atoms with Crippen molar-refractivity contribution in [2.75, 3.05) is 0 Å². The largest absolute Gasteiger partial charge is 0.294 e. The molecule has 2 aromatic carbocycles. The molecule has 0 saturated carbocycles. The summed E-state index contributed by atoms with van der Waals surface area (Å²) in [4.78, 5) is 23.6. The van der Waals surface area contributed by atoms with Crippen LogP contribution in [0.5, 0.6) is 0 Å². The molecular weight excluding hydrogens is 367 g/mol. The van der Waals surface area contributed by atoms with Crippen molar-refractivity contribution in [3.05, 3.63) is 68.7 Å². The van der Waals surface area contributed by atoms with E-state index in [1.54, 1.807) is 50.2 Å². The Labute approximate surface area is 163 Å². The minimum atomic E-state index is 0.00804. The maximum absolute atomic E-state index is 11.8. The summed E-state index contributed by atoms with van der Waals surface area (Å²) < 4.78 is 0. The first-order valence-electron chi connectivity index (χ1n) is 8.12. The van der Waals surface area contributed by atoms with Crippen LogP contribution in [0.15, 0.2) is 36.4 Å². The highest BCUT2D eigenvalue weighted by atomic mass is 35.5. The molecule has 0 fully saturated rings. The molecule has 0 heterocycles. The highest BCUT2D eigenvalue weighted by molar-refractivity contribution is 6.31. The van der Waals surface area contributed by atoms with Gasteiger partial charge in [0, 0.05) is 45.1 Å². The van der Waals surface area contributed by atoms with E-state index < -0.39 is 0 Å². The van der Waals surface area contributed by atoms with Crippen molar-refractivity contribution < 1.29 is 9.59 Å². The van der Waals surface area contributed by atoms with E-state index in [4.69, 9.17) is 23.2 Å². The van der Waals surface area contributed by atoms with Crippen molar-refractivity contribution in [2.24, 2.45) is 0 Å². The molecule has 0 aliphatic rings. The number of Topliss-reactive ketones (excluding diaryl/α,β-unsaturated/α-hetero) is 2. The summed E-state index contributed by atoms with van der Waals surface area (Å²) in [6.45, 7) is 3.59. The van der Waals surface area contributed by atoms with E-state index in [-0.39, 0.29) is 11.6 Å². The minimum absolute atomic E-state index is 0.00804. The van der Waals surface area contributed by atoms with Crippen LogP contribution < -0.4 is 0 Å². The molecule has 0 aromatic heterocycles. The number of ketones is 2. The molecule has 130 valence electrons. The molecule has 0 radical (unpaired) electrons. The Bertz CT molecular complexity index is 901. The lowest BCUT2D eigenvalue weighted by Gasteiger charge is -2.00. The fourth-order valence-electron chi connectivity index (χ4n) is 2.26. The molecule has 0 unspecified atom stereocenters. The molecule has 0 atom stereocenters. The van der Waals surface area contributed by atoms with Crippen LogP contribution in [0.25, 0.3) is 0 Å². The quantitative estimate of drug-likeness (QED) is 0.510. The van der Waals surface area contributed by atoms with E-state index in [0.29, 0.717) is 45.1 Å². The molecule has 0 amide bonds. The summed E-state index contributed by atoms with van der Waals surface area (Å²) in [5, 5.41) is 0.915. The van der Waals surface area contributed by atoms with Crippen molar-refractivity contribution in [3.63, 3.8) is 0 Å². The zero-order valence-electron chi connectivity index (χ0n) is 14.5. The molecule has 4 heteroatoms. The summed E-state index contributed by atoms with van der Waals surface area (Å²) in [5.41, 5.74) is 2.32. The van der Waals surface area contributed by atoms with E-state index in [2.05, 4.69) is 23.7 Å². The molecular formula is C22H16Cl2O2. The zero-order valence-corrected chi connectivity index (χ0v) is 16.0. The summed E-state index contributed by atoms with van der Waals surface area (Å²) in [7, 11) is 0. The topological polar surface area (TPSA) is 34.1 Å². The van der Waals surface area contributed by atoms with Gasteiger partial charge in [-0.05, 0) is 48.2 Å². The van der Waals surface area contributed by atoms with E-state index in [1.807, 2.05) is 0 Å². The second-order valence-corrected chi connectivity index (χ2v) is 6.38. The number of carbonyl (C=O) groups is 2. The zero-order chi connectivity index (χ0) is 19.1. The average molecular weight is 383 g/mol. The van der Waals surface area contributed by atoms with Gasteiger partial charge in [0.1, 0.15) is 0 Å². The van der Waals surface area contributed by atoms with Crippen LogP contribution >= 0.6 is 23.2 Å². The number of halogens is 2. The maximum atomic E-state index is 11.8. The number of benzene rings is 2. The first kappa shape index (κ1) is 19.8. The lowest BCUT2D eigenvalue weighted by Crippen LogP contribution is -1.97. The number of carbonyl (C=O) groups excluding carboxylic acids is 2. The second-order valence-electron chi connectivity index (χ2n) is 5.51. The number of rotatable bonds is 4. The van der Waals surface area contributed by atoms with Crippen LogP contribution in [0.4, 0.5) is 0 Å². The Morgan fingerprint density at radius 3 is 1.46 bits per heavy atom. The van der Waals surface area contributed by atoms with Gasteiger partial charge in [0.25, 0.3) is 0 Å². The van der Waals surface area contributed by atoms with Crippen molar-refractivity contribution >= 4 is 34.8 Å². The van der Waals surface area contributed by atoms with Crippen LogP contribution in [0.1, 0.15) is 58.5 Å². The highest BCUT2D eigenvalue weighted by Crippen LogP contribution is 2.17. The van der Waals surface area contributed by atoms with Crippen LogP contribution in [0, 0.1) is 23.7 Å². The summed E-state index contributed by atoms with van der Waals surface area (Å²) in [6.07, 6.45) is 0.807. The standard InChI is InChI=1S/C22H16Cl2O2/c1-3-21(25)17-9-15(11-19(23)13-17)7-5-6-8-16-10-18(22(26)4-2)14-20(24)12-16/h9-14H,3-4H2,1-2H3. The SMILES string of the molecule is CCC(=O)c1cc(Cl)cc(C#CC#Cc2cc(Cl)cc(C(=O)CC)c2)c1. The third-order valence-electron chi connectivity index (χ3n) is 3.56. The van der Waals surface area contributed by atoms with Gasteiger partial charge in [-0.2, -0.15) is 0 Å². The lowest BCUT2D eigenvalue weighted by molar-refractivity contribution is 0.0980. The van der Waals surface area contributed by atoms with Crippen LogP contribution in [-0.4, -0.2) is 11.6 Å². The van der Waals surface area contributed by atoms with Gasteiger partial charge in [0.05, 0.1) is 0 Å². The number of hydrogen-bond acceptors (Lipinski definition) is 2. The number of hydrogen-bond donors (Lipinski definition) is 0. The van der Waals surface area contributed by atoms with Crippen molar-refractivity contribution in [1.29, 1.82) is 0 Å². The lowest BCUT2D eigenvalue weighted by atomic mass is 10.1. The molecule has 0 N–H and O–H groups in total. The molecule has 0 aliphatic carbocycles. The minimum Gasteiger partial charge on any atom is -0.294 e. The third-order valence-corrected chi connectivity index (χ3v) is 3.99. The molecule has 0 bridgehead atoms. The van der Waals surface area contributed by atoms with Crippen LogP contribution in [0.3, 0.4) is 0 Å². The monoisotopic (exact) mass is 382 g/mol. The predicted octanol–water partition coefficient (Wildman–Crippen LogP) is 5.58. The smallest absolute Gasteiger partial charge is 0.162 e. The van der Waals surface area contributed by atoms with E-state index in [1.165, 1.54) is 0 Å². The normalized spacial score (nSPS) is 9.54. The Balaban J connectivity index is 2.27. The van der Waals surface area contributed by atoms with E-state index in [0.717, 1.165) is 0 Å².